The van der Waals surface area contributed by atoms with E-state index < -0.39 is 5.97 Å². The number of carbonyl (C=O) groups excluding carboxylic acids is 2. The Morgan fingerprint density at radius 3 is 2.43 bits per heavy atom. The molecule has 1 amide bonds. The lowest BCUT2D eigenvalue weighted by atomic mass is 10.1. The van der Waals surface area contributed by atoms with Crippen LogP contribution in [0.2, 0.25) is 0 Å². The van der Waals surface area contributed by atoms with Gasteiger partial charge in [0.05, 0.1) is 26.4 Å². The topological polar surface area (TPSA) is 89.7 Å². The molecule has 28 heavy (non-hydrogen) atoms. The summed E-state index contributed by atoms with van der Waals surface area (Å²) in [5.74, 6) is 0.672. The highest BCUT2D eigenvalue weighted by Gasteiger charge is 2.24. The molecule has 0 aliphatic heterocycles. The van der Waals surface area contributed by atoms with Gasteiger partial charge in [-0.2, -0.15) is 0 Å². The normalized spacial score (nSPS) is 10.5. The largest absolute Gasteiger partial charge is 0.493 e. The Morgan fingerprint density at radius 2 is 1.82 bits per heavy atom. The number of aromatic amines is 1. The van der Waals surface area contributed by atoms with Crippen LogP contribution in [0.3, 0.4) is 0 Å². The first-order valence-electron chi connectivity index (χ1n) is 9.34. The zero-order valence-electron chi connectivity index (χ0n) is 17.1. The molecule has 152 valence electrons. The van der Waals surface area contributed by atoms with E-state index in [1.807, 2.05) is 25.1 Å². The monoisotopic (exact) mass is 388 g/mol. The quantitative estimate of drug-likeness (QED) is 0.645. The Labute approximate surface area is 165 Å². The van der Waals surface area contributed by atoms with Crippen molar-refractivity contribution in [3.05, 3.63) is 46.3 Å². The number of rotatable bonds is 9. The molecule has 2 N–H and O–H groups in total. The van der Waals surface area contributed by atoms with Crippen LogP contribution in [0.1, 0.15) is 51.5 Å². The molecule has 1 aromatic carbocycles. The number of aromatic nitrogens is 1. The average molecular weight is 388 g/mol. The highest BCUT2D eigenvalue weighted by Crippen LogP contribution is 2.27. The molecule has 0 spiro atoms. The van der Waals surface area contributed by atoms with Gasteiger partial charge in [0.2, 0.25) is 0 Å². The number of hydrogen-bond acceptors (Lipinski definition) is 5. The van der Waals surface area contributed by atoms with Gasteiger partial charge in [0.15, 0.2) is 11.5 Å². The van der Waals surface area contributed by atoms with Crippen LogP contribution >= 0.6 is 0 Å². The fraction of sp³-hybridized carbons (Fsp3) is 0.429. The number of aryl methyl sites for hydroxylation is 1. The minimum atomic E-state index is -0.438. The fourth-order valence-corrected chi connectivity index (χ4v) is 3.16. The maximum atomic E-state index is 12.7. The number of hydrogen-bond donors (Lipinski definition) is 2. The van der Waals surface area contributed by atoms with Crippen molar-refractivity contribution in [1.29, 1.82) is 0 Å². The summed E-state index contributed by atoms with van der Waals surface area (Å²) in [4.78, 5) is 27.8. The Balaban J connectivity index is 2.08. The minimum absolute atomic E-state index is 0.207. The SMILES string of the molecule is CCOC(=O)c1[nH]c(C)c(C(=O)NCCc2ccc(OC)c(OC)c2)c1CC. The first-order chi connectivity index (χ1) is 13.5. The average Bonchev–Trinajstić information content (AvgIpc) is 3.04. The molecule has 0 unspecified atom stereocenters. The minimum Gasteiger partial charge on any atom is -0.493 e. The van der Waals surface area contributed by atoms with E-state index in [2.05, 4.69) is 10.3 Å². The van der Waals surface area contributed by atoms with Gasteiger partial charge in [-0.3, -0.25) is 4.79 Å². The van der Waals surface area contributed by atoms with Crippen molar-refractivity contribution >= 4 is 11.9 Å². The van der Waals surface area contributed by atoms with E-state index in [1.54, 1.807) is 28.1 Å². The van der Waals surface area contributed by atoms with Crippen molar-refractivity contribution in [1.82, 2.24) is 10.3 Å². The van der Waals surface area contributed by atoms with Crippen LogP contribution in [0.4, 0.5) is 0 Å². The van der Waals surface area contributed by atoms with Crippen molar-refractivity contribution < 1.29 is 23.8 Å². The van der Waals surface area contributed by atoms with Gasteiger partial charge in [-0.1, -0.05) is 13.0 Å². The first kappa shape index (κ1) is 21.3. The van der Waals surface area contributed by atoms with Gasteiger partial charge in [0, 0.05) is 12.2 Å². The van der Waals surface area contributed by atoms with E-state index in [1.165, 1.54) is 0 Å². The fourth-order valence-electron chi connectivity index (χ4n) is 3.16. The van der Waals surface area contributed by atoms with Crippen LogP contribution in [0, 0.1) is 6.92 Å². The van der Waals surface area contributed by atoms with Gasteiger partial charge >= 0.3 is 5.97 Å². The predicted molar refractivity (Wildman–Crippen MR) is 106 cm³/mol. The molecule has 2 rings (SSSR count). The summed E-state index contributed by atoms with van der Waals surface area (Å²) >= 11 is 0. The van der Waals surface area contributed by atoms with Crippen molar-refractivity contribution in [3.63, 3.8) is 0 Å². The van der Waals surface area contributed by atoms with Crippen LogP contribution in [0.5, 0.6) is 11.5 Å². The Kier molecular flexibility index (Phi) is 7.49. The molecule has 0 atom stereocenters. The first-order valence-corrected chi connectivity index (χ1v) is 9.34. The lowest BCUT2D eigenvalue weighted by Crippen LogP contribution is -2.27. The highest BCUT2D eigenvalue weighted by atomic mass is 16.5. The highest BCUT2D eigenvalue weighted by molar-refractivity contribution is 6.01. The second-order valence-electron chi connectivity index (χ2n) is 6.25. The van der Waals surface area contributed by atoms with Crippen molar-refractivity contribution in [2.24, 2.45) is 0 Å². The molecule has 0 radical (unpaired) electrons. The molecular formula is C21H28N2O5. The molecule has 0 aliphatic rings. The molecule has 1 aromatic heterocycles. The third-order valence-corrected chi connectivity index (χ3v) is 4.50. The zero-order chi connectivity index (χ0) is 20.7. The summed E-state index contributed by atoms with van der Waals surface area (Å²) in [7, 11) is 3.18. The van der Waals surface area contributed by atoms with Crippen LogP contribution in [0.25, 0.3) is 0 Å². The maximum absolute atomic E-state index is 12.7. The van der Waals surface area contributed by atoms with Gasteiger partial charge in [-0.05, 0) is 49.9 Å². The van der Waals surface area contributed by atoms with Gasteiger partial charge in [0.1, 0.15) is 5.69 Å². The number of benzene rings is 1. The summed E-state index contributed by atoms with van der Waals surface area (Å²) in [6.07, 6.45) is 1.19. The van der Waals surface area contributed by atoms with E-state index in [-0.39, 0.29) is 12.5 Å². The zero-order valence-corrected chi connectivity index (χ0v) is 17.1. The molecule has 0 saturated heterocycles. The summed E-state index contributed by atoms with van der Waals surface area (Å²) in [5, 5.41) is 2.93. The van der Waals surface area contributed by atoms with Crippen LogP contribution in [-0.2, 0) is 17.6 Å². The molecule has 0 saturated carbocycles. The van der Waals surface area contributed by atoms with E-state index in [4.69, 9.17) is 14.2 Å². The smallest absolute Gasteiger partial charge is 0.355 e. The summed E-state index contributed by atoms with van der Waals surface area (Å²) < 4.78 is 15.6. The Bertz CT molecular complexity index is 842. The Hall–Kier alpha value is -2.96. The summed E-state index contributed by atoms with van der Waals surface area (Å²) in [5.41, 5.74) is 3.22. The van der Waals surface area contributed by atoms with Gasteiger partial charge in [-0.25, -0.2) is 4.79 Å². The molecule has 0 fully saturated rings. The number of nitrogens with one attached hydrogen (secondary N) is 2. The molecule has 7 nitrogen and oxygen atoms in total. The number of methoxy groups -OCH3 is 2. The standard InChI is InChI=1S/C21H28N2O5/c1-6-15-18(13(3)23-19(15)21(25)28-7-2)20(24)22-11-10-14-8-9-16(26-4)17(12-14)27-5/h8-9,12,23H,6-7,10-11H2,1-5H3,(H,22,24). The van der Waals surface area contributed by atoms with E-state index in [9.17, 15) is 9.59 Å². The third-order valence-electron chi connectivity index (χ3n) is 4.50. The van der Waals surface area contributed by atoms with Crippen LogP contribution < -0.4 is 14.8 Å². The molecular weight excluding hydrogens is 360 g/mol. The van der Waals surface area contributed by atoms with E-state index >= 15 is 0 Å². The maximum Gasteiger partial charge on any atom is 0.355 e. The predicted octanol–water partition coefficient (Wildman–Crippen LogP) is 3.05. The van der Waals surface area contributed by atoms with Crippen molar-refractivity contribution in [3.8, 4) is 11.5 Å². The molecule has 0 aliphatic carbocycles. The van der Waals surface area contributed by atoms with Crippen LogP contribution in [0.15, 0.2) is 18.2 Å². The summed E-state index contributed by atoms with van der Waals surface area (Å²) in [6, 6.07) is 5.67. The van der Waals surface area contributed by atoms with Gasteiger partial charge < -0.3 is 24.5 Å². The van der Waals surface area contributed by atoms with Crippen molar-refractivity contribution in [2.45, 2.75) is 33.6 Å². The Morgan fingerprint density at radius 1 is 1.11 bits per heavy atom. The molecule has 7 heteroatoms. The molecule has 2 aromatic rings. The molecule has 1 heterocycles. The van der Waals surface area contributed by atoms with E-state index in [0.717, 1.165) is 5.56 Å². The lowest BCUT2D eigenvalue weighted by molar-refractivity contribution is 0.0519. The number of amides is 1. The lowest BCUT2D eigenvalue weighted by Gasteiger charge is -2.10. The number of esters is 1. The summed E-state index contributed by atoms with van der Waals surface area (Å²) in [6.45, 7) is 6.18. The second-order valence-corrected chi connectivity index (χ2v) is 6.25. The van der Waals surface area contributed by atoms with Crippen molar-refractivity contribution in [2.75, 3.05) is 27.4 Å². The van der Waals surface area contributed by atoms with Crippen LogP contribution in [-0.4, -0.2) is 44.2 Å². The number of ether oxygens (including phenoxy) is 3. The van der Waals surface area contributed by atoms with Gasteiger partial charge in [-0.15, -0.1) is 0 Å². The number of H-pyrrole nitrogens is 1. The third kappa shape index (κ3) is 4.65. The number of carbonyl (C=O) groups is 2. The second kappa shape index (κ2) is 9.82. The van der Waals surface area contributed by atoms with Gasteiger partial charge in [0.25, 0.3) is 5.91 Å². The van der Waals surface area contributed by atoms with E-state index in [0.29, 0.717) is 53.4 Å². The molecule has 0 bridgehead atoms.